The van der Waals surface area contributed by atoms with E-state index in [1.807, 2.05) is 0 Å². The van der Waals surface area contributed by atoms with Gasteiger partial charge in [0.05, 0.1) is 0 Å². The molecule has 1 aliphatic rings. The fourth-order valence-corrected chi connectivity index (χ4v) is 1.13. The number of halogens is 1. The minimum atomic E-state index is -0.531. The van der Waals surface area contributed by atoms with Crippen LogP contribution in [-0.2, 0) is 0 Å². The highest BCUT2D eigenvalue weighted by Crippen LogP contribution is 2.15. The molecule has 5 heteroatoms. The van der Waals surface area contributed by atoms with Gasteiger partial charge >= 0.3 is 0 Å². The minimum absolute atomic E-state index is 0.0833. The average Bonchev–Trinajstić information content (AvgIpc) is 1.85. The van der Waals surface area contributed by atoms with Gasteiger partial charge in [-0.2, -0.15) is 0 Å². The highest BCUT2D eigenvalue weighted by Gasteiger charge is 2.16. The molecular formula is C6H8BrN3O. The summed E-state index contributed by atoms with van der Waals surface area (Å²) in [4.78, 5) is 0. The van der Waals surface area contributed by atoms with Crippen molar-refractivity contribution in [3.05, 3.63) is 22.8 Å². The molecule has 0 aromatic carbocycles. The van der Waals surface area contributed by atoms with Gasteiger partial charge in [-0.25, -0.2) is 5.06 Å². The Labute approximate surface area is 72.6 Å². The number of hydroxylamine groups is 2. The van der Waals surface area contributed by atoms with Crippen molar-refractivity contribution in [2.75, 3.05) is 0 Å². The lowest BCUT2D eigenvalue weighted by Gasteiger charge is -2.23. The van der Waals surface area contributed by atoms with Crippen molar-refractivity contribution in [2.24, 2.45) is 5.73 Å². The van der Waals surface area contributed by atoms with E-state index < -0.39 is 6.04 Å². The van der Waals surface area contributed by atoms with E-state index in [1.165, 1.54) is 6.20 Å². The number of hydrogen-bond acceptors (Lipinski definition) is 3. The van der Waals surface area contributed by atoms with Gasteiger partial charge in [0, 0.05) is 10.7 Å². The zero-order valence-electron chi connectivity index (χ0n) is 5.66. The summed E-state index contributed by atoms with van der Waals surface area (Å²) in [6.07, 6.45) is 4.82. The minimum Gasteiger partial charge on any atom is -0.386 e. The molecule has 1 rings (SSSR count). The number of hydrogen-bond donors (Lipinski definition) is 3. The first-order valence-electron chi connectivity index (χ1n) is 2.98. The third-order valence-electron chi connectivity index (χ3n) is 1.30. The maximum Gasteiger partial charge on any atom is 0.130 e. The number of allylic oxidation sites excluding steroid dienone is 2. The predicted molar refractivity (Wildman–Crippen MR) is 45.5 cm³/mol. The van der Waals surface area contributed by atoms with E-state index in [4.69, 9.17) is 16.4 Å². The van der Waals surface area contributed by atoms with Crippen molar-refractivity contribution in [3.8, 4) is 0 Å². The van der Waals surface area contributed by atoms with E-state index in [-0.39, 0.29) is 5.84 Å². The van der Waals surface area contributed by atoms with Crippen LogP contribution in [0.3, 0.4) is 0 Å². The van der Waals surface area contributed by atoms with Crippen LogP contribution >= 0.6 is 15.9 Å². The summed E-state index contributed by atoms with van der Waals surface area (Å²) in [6, 6.07) is -0.531. The quantitative estimate of drug-likeness (QED) is 0.450. The Kier molecular flexibility index (Phi) is 2.31. The molecule has 60 valence electrons. The molecule has 1 atom stereocenters. The number of nitrogens with two attached hydrogens (primary N) is 1. The predicted octanol–water partition coefficient (Wildman–Crippen LogP) is 0.788. The van der Waals surface area contributed by atoms with Crippen LogP contribution in [0.25, 0.3) is 0 Å². The van der Waals surface area contributed by atoms with Gasteiger partial charge in [0.2, 0.25) is 0 Å². The van der Waals surface area contributed by atoms with Crippen molar-refractivity contribution in [2.45, 2.75) is 6.04 Å². The fraction of sp³-hybridized carbons (Fsp3) is 0.167. The molecule has 0 amide bonds. The molecule has 0 radical (unpaired) electrons. The van der Waals surface area contributed by atoms with Crippen LogP contribution in [0.15, 0.2) is 22.8 Å². The van der Waals surface area contributed by atoms with Gasteiger partial charge in [-0.15, -0.1) is 0 Å². The Morgan fingerprint density at radius 1 is 1.82 bits per heavy atom. The fourth-order valence-electron chi connectivity index (χ4n) is 0.767. The standard InChI is InChI=1S/C6H8BrN3O/c7-4-1-2-5(6(8)9)10(11)3-4/h1-3,5,11H,(H3,8,9). The van der Waals surface area contributed by atoms with Crippen LogP contribution in [0.4, 0.5) is 0 Å². The third kappa shape index (κ3) is 1.81. The summed E-state index contributed by atoms with van der Waals surface area (Å²) in [5.74, 6) is -0.0833. The first-order chi connectivity index (χ1) is 5.11. The van der Waals surface area contributed by atoms with Crippen molar-refractivity contribution >= 4 is 21.8 Å². The van der Waals surface area contributed by atoms with Crippen LogP contribution in [0.5, 0.6) is 0 Å². The maximum atomic E-state index is 9.16. The molecule has 0 fully saturated rings. The van der Waals surface area contributed by atoms with Gasteiger partial charge in [-0.1, -0.05) is 6.08 Å². The van der Waals surface area contributed by atoms with Crippen molar-refractivity contribution in [1.82, 2.24) is 5.06 Å². The molecule has 0 bridgehead atoms. The molecule has 1 unspecified atom stereocenters. The number of rotatable bonds is 1. The molecule has 0 aromatic heterocycles. The van der Waals surface area contributed by atoms with E-state index in [9.17, 15) is 0 Å². The second kappa shape index (κ2) is 3.06. The van der Waals surface area contributed by atoms with Crippen LogP contribution in [-0.4, -0.2) is 22.1 Å². The van der Waals surface area contributed by atoms with E-state index in [2.05, 4.69) is 15.9 Å². The summed E-state index contributed by atoms with van der Waals surface area (Å²) in [5.41, 5.74) is 5.19. The van der Waals surface area contributed by atoms with Crippen LogP contribution < -0.4 is 5.73 Å². The van der Waals surface area contributed by atoms with Crippen molar-refractivity contribution in [1.29, 1.82) is 5.41 Å². The van der Waals surface area contributed by atoms with Crippen molar-refractivity contribution in [3.63, 3.8) is 0 Å². The van der Waals surface area contributed by atoms with E-state index in [1.54, 1.807) is 12.2 Å². The van der Waals surface area contributed by atoms with Crippen LogP contribution in [0.2, 0.25) is 0 Å². The Morgan fingerprint density at radius 2 is 2.45 bits per heavy atom. The van der Waals surface area contributed by atoms with Crippen LogP contribution in [0, 0.1) is 5.41 Å². The largest absolute Gasteiger partial charge is 0.386 e. The molecule has 11 heavy (non-hydrogen) atoms. The Hall–Kier alpha value is -0.810. The summed E-state index contributed by atoms with van der Waals surface area (Å²) in [7, 11) is 0. The summed E-state index contributed by atoms with van der Waals surface area (Å²) < 4.78 is 0.748. The van der Waals surface area contributed by atoms with Gasteiger partial charge in [0.1, 0.15) is 11.9 Å². The second-order valence-electron chi connectivity index (χ2n) is 2.15. The average molecular weight is 218 g/mol. The van der Waals surface area contributed by atoms with Crippen LogP contribution in [0.1, 0.15) is 0 Å². The highest BCUT2D eigenvalue weighted by atomic mass is 79.9. The Morgan fingerprint density at radius 3 is 2.91 bits per heavy atom. The normalized spacial score (nSPS) is 23.3. The van der Waals surface area contributed by atoms with E-state index >= 15 is 0 Å². The van der Waals surface area contributed by atoms with E-state index in [0.29, 0.717) is 0 Å². The smallest absolute Gasteiger partial charge is 0.130 e. The summed E-state index contributed by atoms with van der Waals surface area (Å²) in [5, 5.41) is 17.1. The molecule has 0 saturated heterocycles. The van der Waals surface area contributed by atoms with Crippen molar-refractivity contribution < 1.29 is 5.21 Å². The van der Waals surface area contributed by atoms with Gasteiger partial charge in [0.15, 0.2) is 0 Å². The molecule has 1 heterocycles. The first-order valence-corrected chi connectivity index (χ1v) is 3.77. The zero-order valence-corrected chi connectivity index (χ0v) is 7.25. The van der Waals surface area contributed by atoms with Gasteiger partial charge in [-0.3, -0.25) is 10.6 Å². The molecule has 0 saturated carbocycles. The second-order valence-corrected chi connectivity index (χ2v) is 3.07. The first kappa shape index (κ1) is 8.29. The lowest BCUT2D eigenvalue weighted by atomic mass is 10.2. The highest BCUT2D eigenvalue weighted by molar-refractivity contribution is 9.11. The molecular weight excluding hydrogens is 210 g/mol. The summed E-state index contributed by atoms with van der Waals surface area (Å²) >= 11 is 3.17. The molecule has 4 N–H and O–H groups in total. The molecule has 0 aromatic rings. The summed E-state index contributed by atoms with van der Waals surface area (Å²) in [6.45, 7) is 0. The lowest BCUT2D eigenvalue weighted by molar-refractivity contribution is -0.0475. The zero-order chi connectivity index (χ0) is 8.43. The molecule has 0 spiro atoms. The molecule has 0 aliphatic carbocycles. The van der Waals surface area contributed by atoms with Gasteiger partial charge in [0.25, 0.3) is 0 Å². The van der Waals surface area contributed by atoms with E-state index in [0.717, 1.165) is 9.55 Å². The Balaban J connectivity index is 2.77. The number of amidine groups is 1. The van der Waals surface area contributed by atoms with Gasteiger partial charge < -0.3 is 5.73 Å². The number of nitrogens with one attached hydrogen (secondary N) is 1. The SMILES string of the molecule is N=C(N)C1C=CC(Br)=CN1O. The molecule has 1 aliphatic heterocycles. The number of nitrogens with zero attached hydrogens (tertiary/aromatic N) is 1. The third-order valence-corrected chi connectivity index (χ3v) is 1.77. The molecule has 4 nitrogen and oxygen atoms in total. The monoisotopic (exact) mass is 217 g/mol. The van der Waals surface area contributed by atoms with Gasteiger partial charge in [-0.05, 0) is 22.0 Å². The lowest BCUT2D eigenvalue weighted by Crippen LogP contribution is -2.39. The maximum absolute atomic E-state index is 9.16. The topological polar surface area (TPSA) is 73.3 Å². The Bertz CT molecular complexity index is 236.